The van der Waals surface area contributed by atoms with Crippen LogP contribution in [0.15, 0.2) is 29.2 Å². The van der Waals surface area contributed by atoms with E-state index < -0.39 is 0 Å². The van der Waals surface area contributed by atoms with Crippen molar-refractivity contribution in [2.24, 2.45) is 0 Å². The summed E-state index contributed by atoms with van der Waals surface area (Å²) >= 11 is 0.903. The van der Waals surface area contributed by atoms with E-state index in [0.717, 1.165) is 28.0 Å². The van der Waals surface area contributed by atoms with Crippen molar-refractivity contribution >= 4 is 29.0 Å². The van der Waals surface area contributed by atoms with Gasteiger partial charge in [-0.2, -0.15) is 0 Å². The lowest BCUT2D eigenvalue weighted by Crippen LogP contribution is -2.28. The molecule has 0 saturated carbocycles. The minimum Gasteiger partial charge on any atom is -0.494 e. The van der Waals surface area contributed by atoms with Gasteiger partial charge in [-0.05, 0) is 42.5 Å². The Morgan fingerprint density at radius 1 is 1.35 bits per heavy atom. The van der Waals surface area contributed by atoms with Gasteiger partial charge in [0.05, 0.1) is 18.1 Å². The molecule has 1 heterocycles. The molecule has 4 nitrogen and oxygen atoms in total. The van der Waals surface area contributed by atoms with E-state index in [1.165, 1.54) is 0 Å². The Morgan fingerprint density at radius 3 is 2.65 bits per heavy atom. The van der Waals surface area contributed by atoms with Gasteiger partial charge in [-0.1, -0.05) is 18.1 Å². The Kier molecular flexibility index (Phi) is 4.49. The molecule has 20 heavy (non-hydrogen) atoms. The Bertz CT molecular complexity index is 599. The molecule has 2 rings (SSSR count). The molecule has 102 valence electrons. The van der Waals surface area contributed by atoms with Crippen LogP contribution in [-0.2, 0) is 4.79 Å². The van der Waals surface area contributed by atoms with Gasteiger partial charge in [0.25, 0.3) is 11.1 Å². The van der Waals surface area contributed by atoms with Crippen molar-refractivity contribution in [2.75, 3.05) is 13.2 Å². The number of terminal acetylenes is 1. The van der Waals surface area contributed by atoms with Gasteiger partial charge in [0.1, 0.15) is 5.75 Å². The lowest BCUT2D eigenvalue weighted by atomic mass is 10.2. The number of imide groups is 1. The number of benzene rings is 1. The average molecular weight is 287 g/mol. The summed E-state index contributed by atoms with van der Waals surface area (Å²) in [5.74, 6) is 2.73. The predicted octanol–water partition coefficient (Wildman–Crippen LogP) is 2.75. The Morgan fingerprint density at radius 2 is 2.05 bits per heavy atom. The van der Waals surface area contributed by atoms with Gasteiger partial charge in [-0.25, -0.2) is 0 Å². The number of carbonyl (C=O) groups excluding carboxylic acids is 2. The number of thioether (sulfide) groups is 1. The topological polar surface area (TPSA) is 46.6 Å². The first-order valence-corrected chi connectivity index (χ1v) is 6.89. The second kappa shape index (κ2) is 6.31. The molecule has 1 aliphatic rings. The molecular weight excluding hydrogens is 274 g/mol. The average Bonchev–Trinajstić information content (AvgIpc) is 2.69. The molecule has 1 aliphatic heterocycles. The summed E-state index contributed by atoms with van der Waals surface area (Å²) < 4.78 is 5.34. The van der Waals surface area contributed by atoms with Crippen molar-refractivity contribution in [1.29, 1.82) is 0 Å². The van der Waals surface area contributed by atoms with Gasteiger partial charge >= 0.3 is 0 Å². The van der Waals surface area contributed by atoms with Crippen LogP contribution < -0.4 is 4.74 Å². The standard InChI is InChI=1S/C15H13NO3S/c1-3-9-16-14(17)13(20-15(16)18)10-11-5-7-12(8-6-11)19-4-2/h1,5-8,10H,4,9H2,2H3/b13-10+. The summed E-state index contributed by atoms with van der Waals surface area (Å²) in [5.41, 5.74) is 0.833. The number of hydrogen-bond acceptors (Lipinski definition) is 4. The van der Waals surface area contributed by atoms with Crippen molar-refractivity contribution in [2.45, 2.75) is 6.92 Å². The molecule has 5 heteroatoms. The number of carbonyl (C=O) groups is 2. The van der Waals surface area contributed by atoms with E-state index in [9.17, 15) is 9.59 Å². The van der Waals surface area contributed by atoms with Crippen LogP contribution in [0.3, 0.4) is 0 Å². The Hall–Kier alpha value is -2.19. The maximum Gasteiger partial charge on any atom is 0.294 e. The fraction of sp³-hybridized carbons (Fsp3) is 0.200. The largest absolute Gasteiger partial charge is 0.494 e. The second-order valence-corrected chi connectivity index (χ2v) is 4.97. The first kappa shape index (κ1) is 14.2. The van der Waals surface area contributed by atoms with E-state index in [1.54, 1.807) is 6.08 Å². The van der Waals surface area contributed by atoms with Crippen molar-refractivity contribution in [3.63, 3.8) is 0 Å². The highest BCUT2D eigenvalue weighted by molar-refractivity contribution is 8.18. The lowest BCUT2D eigenvalue weighted by Gasteiger charge is -2.06. The quantitative estimate of drug-likeness (QED) is 0.631. The van der Waals surface area contributed by atoms with Crippen LogP contribution in [0, 0.1) is 12.3 Å². The summed E-state index contributed by atoms with van der Waals surface area (Å²) in [6.45, 7) is 2.52. The van der Waals surface area contributed by atoms with Crippen LogP contribution >= 0.6 is 11.8 Å². The molecule has 0 N–H and O–H groups in total. The van der Waals surface area contributed by atoms with Crippen molar-refractivity contribution < 1.29 is 14.3 Å². The van der Waals surface area contributed by atoms with Crippen molar-refractivity contribution in [3.05, 3.63) is 34.7 Å². The highest BCUT2D eigenvalue weighted by atomic mass is 32.2. The normalized spacial score (nSPS) is 16.6. The van der Waals surface area contributed by atoms with Gasteiger partial charge < -0.3 is 4.74 Å². The summed E-state index contributed by atoms with van der Waals surface area (Å²) in [7, 11) is 0. The number of amides is 2. The molecule has 1 aromatic carbocycles. The zero-order valence-electron chi connectivity index (χ0n) is 11.0. The molecule has 0 spiro atoms. The van der Waals surface area contributed by atoms with E-state index in [0.29, 0.717) is 11.5 Å². The fourth-order valence-electron chi connectivity index (χ4n) is 1.71. The number of nitrogens with zero attached hydrogens (tertiary/aromatic N) is 1. The van der Waals surface area contributed by atoms with Crippen molar-refractivity contribution in [3.8, 4) is 18.1 Å². The molecule has 1 fully saturated rings. The highest BCUT2D eigenvalue weighted by Gasteiger charge is 2.34. The SMILES string of the molecule is C#CCN1C(=O)S/C(=C/c2ccc(OCC)cc2)C1=O. The molecule has 1 aromatic rings. The molecule has 0 radical (unpaired) electrons. The zero-order valence-corrected chi connectivity index (χ0v) is 11.8. The Labute approximate surface area is 121 Å². The fourth-order valence-corrected chi connectivity index (χ4v) is 2.54. The van der Waals surface area contributed by atoms with E-state index in [4.69, 9.17) is 11.2 Å². The van der Waals surface area contributed by atoms with Crippen LogP contribution in [0.5, 0.6) is 5.75 Å². The number of hydrogen-bond donors (Lipinski definition) is 0. The molecular formula is C15H13NO3S. The molecule has 1 saturated heterocycles. The summed E-state index contributed by atoms with van der Waals surface area (Å²) in [6.07, 6.45) is 6.81. The maximum atomic E-state index is 12.0. The van der Waals surface area contributed by atoms with E-state index in [-0.39, 0.29) is 17.7 Å². The van der Waals surface area contributed by atoms with Crippen LogP contribution in [0.1, 0.15) is 12.5 Å². The van der Waals surface area contributed by atoms with Gasteiger partial charge in [-0.15, -0.1) is 6.42 Å². The van der Waals surface area contributed by atoms with Gasteiger partial charge in [-0.3, -0.25) is 14.5 Å². The van der Waals surface area contributed by atoms with Gasteiger partial charge in [0, 0.05) is 0 Å². The summed E-state index contributed by atoms with van der Waals surface area (Å²) in [5, 5.41) is -0.329. The monoisotopic (exact) mass is 287 g/mol. The highest BCUT2D eigenvalue weighted by Crippen LogP contribution is 2.32. The van der Waals surface area contributed by atoms with E-state index in [2.05, 4.69) is 5.92 Å². The number of rotatable bonds is 4. The smallest absolute Gasteiger partial charge is 0.294 e. The van der Waals surface area contributed by atoms with Crippen LogP contribution in [-0.4, -0.2) is 29.2 Å². The Balaban J connectivity index is 2.17. The predicted molar refractivity (Wildman–Crippen MR) is 79.1 cm³/mol. The third-order valence-electron chi connectivity index (χ3n) is 2.61. The van der Waals surface area contributed by atoms with Crippen molar-refractivity contribution in [1.82, 2.24) is 4.90 Å². The van der Waals surface area contributed by atoms with Crippen LogP contribution in [0.2, 0.25) is 0 Å². The van der Waals surface area contributed by atoms with E-state index >= 15 is 0 Å². The lowest BCUT2D eigenvalue weighted by molar-refractivity contribution is -0.122. The summed E-state index contributed by atoms with van der Waals surface area (Å²) in [6, 6.07) is 7.31. The molecule has 2 amide bonds. The van der Waals surface area contributed by atoms with Gasteiger partial charge in [0.15, 0.2) is 0 Å². The molecule has 0 bridgehead atoms. The second-order valence-electron chi connectivity index (χ2n) is 3.97. The molecule has 0 aromatic heterocycles. The third-order valence-corrected chi connectivity index (χ3v) is 3.52. The first-order chi connectivity index (χ1) is 9.65. The number of ether oxygens (including phenoxy) is 1. The summed E-state index contributed by atoms with van der Waals surface area (Å²) in [4.78, 5) is 25.0. The maximum absolute atomic E-state index is 12.0. The molecule has 0 unspecified atom stereocenters. The van der Waals surface area contributed by atoms with Gasteiger partial charge in [0.2, 0.25) is 0 Å². The van der Waals surface area contributed by atoms with Crippen LogP contribution in [0.25, 0.3) is 6.08 Å². The minimum absolute atomic E-state index is 0.00524. The van der Waals surface area contributed by atoms with Crippen LogP contribution in [0.4, 0.5) is 4.79 Å². The molecule has 0 aliphatic carbocycles. The minimum atomic E-state index is -0.341. The zero-order chi connectivity index (χ0) is 14.5. The molecule has 0 atom stereocenters. The third kappa shape index (κ3) is 3.03. The first-order valence-electron chi connectivity index (χ1n) is 6.07. The van der Waals surface area contributed by atoms with E-state index in [1.807, 2.05) is 31.2 Å².